The van der Waals surface area contributed by atoms with Gasteiger partial charge in [-0.05, 0) is 23.8 Å². The Morgan fingerprint density at radius 3 is 2.33 bits per heavy atom. The highest BCUT2D eigenvalue weighted by Gasteiger charge is 1.99. The van der Waals surface area contributed by atoms with Crippen molar-refractivity contribution in [1.29, 1.82) is 5.26 Å². The van der Waals surface area contributed by atoms with E-state index in [-0.39, 0.29) is 13.2 Å². The summed E-state index contributed by atoms with van der Waals surface area (Å²) in [5, 5.41) is 8.66. The van der Waals surface area contributed by atoms with Gasteiger partial charge in [0.05, 0.1) is 24.8 Å². The fourth-order valence-corrected chi connectivity index (χ4v) is 1.34. The van der Waals surface area contributed by atoms with Gasteiger partial charge in [0.2, 0.25) is 0 Å². The molecule has 0 atom stereocenters. The minimum Gasteiger partial charge on any atom is -0.462 e. The standard InChI is InChI=1S/C16H15NO4/c1-2-15(18)20-10-3-11-21-16(19)9-8-13-4-6-14(12-17)7-5-13/h2,4-9H,1,3,10-11H2/b9-8+. The Hall–Kier alpha value is -2.87. The lowest BCUT2D eigenvalue weighted by atomic mass is 10.1. The third-order valence-electron chi connectivity index (χ3n) is 2.40. The van der Waals surface area contributed by atoms with Crippen molar-refractivity contribution in [2.24, 2.45) is 0 Å². The summed E-state index contributed by atoms with van der Waals surface area (Å²) >= 11 is 0. The molecule has 0 aliphatic rings. The first-order valence-electron chi connectivity index (χ1n) is 6.30. The van der Waals surface area contributed by atoms with Gasteiger partial charge in [-0.3, -0.25) is 0 Å². The molecule has 1 rings (SSSR count). The second-order valence-electron chi connectivity index (χ2n) is 3.96. The van der Waals surface area contributed by atoms with Crippen LogP contribution in [0, 0.1) is 11.3 Å². The SMILES string of the molecule is C=CC(=O)OCCCOC(=O)/C=C/c1ccc(C#N)cc1. The lowest BCUT2D eigenvalue weighted by Crippen LogP contribution is -2.07. The maximum atomic E-state index is 11.4. The van der Waals surface area contributed by atoms with Gasteiger partial charge in [0, 0.05) is 18.6 Å². The molecule has 0 unspecified atom stereocenters. The maximum Gasteiger partial charge on any atom is 0.330 e. The molecule has 0 N–H and O–H groups in total. The summed E-state index contributed by atoms with van der Waals surface area (Å²) in [6.07, 6.45) is 4.40. The summed E-state index contributed by atoms with van der Waals surface area (Å²) in [4.78, 5) is 22.1. The van der Waals surface area contributed by atoms with Crippen LogP contribution in [0.2, 0.25) is 0 Å². The highest BCUT2D eigenvalue weighted by atomic mass is 16.5. The molecule has 0 saturated heterocycles. The average Bonchev–Trinajstić information content (AvgIpc) is 2.52. The van der Waals surface area contributed by atoms with E-state index in [0.717, 1.165) is 11.6 Å². The Bertz CT molecular complexity index is 567. The highest BCUT2D eigenvalue weighted by molar-refractivity contribution is 5.87. The molecule has 1 aromatic rings. The topological polar surface area (TPSA) is 76.4 Å². The molecular weight excluding hydrogens is 270 g/mol. The summed E-state index contributed by atoms with van der Waals surface area (Å²) in [6.45, 7) is 3.61. The van der Waals surface area contributed by atoms with Gasteiger partial charge in [-0.2, -0.15) is 5.26 Å². The van der Waals surface area contributed by atoms with E-state index in [4.69, 9.17) is 14.7 Å². The van der Waals surface area contributed by atoms with E-state index in [0.29, 0.717) is 12.0 Å². The van der Waals surface area contributed by atoms with Gasteiger partial charge >= 0.3 is 11.9 Å². The van der Waals surface area contributed by atoms with Gasteiger partial charge in [0.1, 0.15) is 0 Å². The van der Waals surface area contributed by atoms with Crippen LogP contribution in [-0.2, 0) is 19.1 Å². The number of hydrogen-bond acceptors (Lipinski definition) is 5. The monoisotopic (exact) mass is 285 g/mol. The first-order chi connectivity index (χ1) is 10.2. The molecular formula is C16H15NO4. The number of rotatable bonds is 7. The van der Waals surface area contributed by atoms with Gasteiger partial charge in [-0.1, -0.05) is 18.7 Å². The van der Waals surface area contributed by atoms with Crippen LogP contribution in [-0.4, -0.2) is 25.2 Å². The zero-order valence-electron chi connectivity index (χ0n) is 11.5. The lowest BCUT2D eigenvalue weighted by Gasteiger charge is -2.02. The van der Waals surface area contributed by atoms with Crippen LogP contribution in [0.25, 0.3) is 6.08 Å². The number of nitrogens with zero attached hydrogens (tertiary/aromatic N) is 1. The van der Waals surface area contributed by atoms with E-state index in [9.17, 15) is 9.59 Å². The Kier molecular flexibility index (Phi) is 7.01. The number of hydrogen-bond donors (Lipinski definition) is 0. The van der Waals surface area contributed by atoms with Crippen LogP contribution in [0.1, 0.15) is 17.5 Å². The van der Waals surface area contributed by atoms with Crippen molar-refractivity contribution in [3.63, 3.8) is 0 Å². The minimum absolute atomic E-state index is 0.168. The molecule has 21 heavy (non-hydrogen) atoms. The molecule has 5 heteroatoms. The van der Waals surface area contributed by atoms with Crippen molar-refractivity contribution in [3.8, 4) is 6.07 Å². The molecule has 0 fully saturated rings. The van der Waals surface area contributed by atoms with Gasteiger partial charge in [-0.15, -0.1) is 0 Å². The number of ether oxygens (including phenoxy) is 2. The quantitative estimate of drug-likeness (QED) is 0.436. The van der Waals surface area contributed by atoms with Gasteiger partial charge < -0.3 is 9.47 Å². The van der Waals surface area contributed by atoms with Crippen molar-refractivity contribution in [1.82, 2.24) is 0 Å². The molecule has 0 bridgehead atoms. The first kappa shape index (κ1) is 16.2. The fourth-order valence-electron chi connectivity index (χ4n) is 1.34. The summed E-state index contributed by atoms with van der Waals surface area (Å²) in [5.74, 6) is -0.976. The fraction of sp³-hybridized carbons (Fsp3) is 0.188. The molecule has 0 heterocycles. The molecule has 0 aliphatic carbocycles. The molecule has 0 radical (unpaired) electrons. The maximum absolute atomic E-state index is 11.4. The van der Waals surface area contributed by atoms with E-state index in [1.807, 2.05) is 6.07 Å². The predicted octanol–water partition coefficient (Wildman–Crippen LogP) is 2.23. The number of esters is 2. The third-order valence-corrected chi connectivity index (χ3v) is 2.40. The van der Waals surface area contributed by atoms with Gasteiger partial charge in [0.25, 0.3) is 0 Å². The summed E-state index contributed by atoms with van der Waals surface area (Å²) in [6, 6.07) is 8.81. The van der Waals surface area contributed by atoms with Crippen molar-refractivity contribution < 1.29 is 19.1 Å². The van der Waals surface area contributed by atoms with Crippen molar-refractivity contribution in [3.05, 3.63) is 54.1 Å². The third kappa shape index (κ3) is 6.73. The molecule has 0 aliphatic heterocycles. The second-order valence-corrected chi connectivity index (χ2v) is 3.96. The van der Waals surface area contributed by atoms with E-state index in [2.05, 4.69) is 6.58 Å². The van der Waals surface area contributed by atoms with Crippen LogP contribution in [0.15, 0.2) is 43.0 Å². The summed E-state index contributed by atoms with van der Waals surface area (Å²) < 4.78 is 9.66. The number of carbonyl (C=O) groups is 2. The Labute approximate surface area is 123 Å². The molecule has 0 aromatic heterocycles. The highest BCUT2D eigenvalue weighted by Crippen LogP contribution is 2.05. The zero-order valence-corrected chi connectivity index (χ0v) is 11.5. The van der Waals surface area contributed by atoms with Crippen LogP contribution in [0.5, 0.6) is 0 Å². The smallest absolute Gasteiger partial charge is 0.330 e. The van der Waals surface area contributed by atoms with Gasteiger partial charge in [0.15, 0.2) is 0 Å². The average molecular weight is 285 g/mol. The van der Waals surface area contributed by atoms with E-state index in [1.165, 1.54) is 6.08 Å². The summed E-state index contributed by atoms with van der Waals surface area (Å²) in [5.41, 5.74) is 1.36. The Morgan fingerprint density at radius 2 is 1.76 bits per heavy atom. The molecule has 5 nitrogen and oxygen atoms in total. The Balaban J connectivity index is 2.26. The van der Waals surface area contributed by atoms with E-state index < -0.39 is 11.9 Å². The number of nitriles is 1. The van der Waals surface area contributed by atoms with E-state index >= 15 is 0 Å². The van der Waals surface area contributed by atoms with Crippen molar-refractivity contribution >= 4 is 18.0 Å². The van der Waals surface area contributed by atoms with E-state index in [1.54, 1.807) is 30.3 Å². The minimum atomic E-state index is -0.498. The van der Waals surface area contributed by atoms with Crippen molar-refractivity contribution in [2.45, 2.75) is 6.42 Å². The molecule has 0 amide bonds. The van der Waals surface area contributed by atoms with Crippen LogP contribution in [0.4, 0.5) is 0 Å². The number of benzene rings is 1. The normalized spacial score (nSPS) is 9.86. The second kappa shape index (κ2) is 9.10. The zero-order chi connectivity index (χ0) is 15.5. The number of carbonyl (C=O) groups excluding carboxylic acids is 2. The first-order valence-corrected chi connectivity index (χ1v) is 6.30. The summed E-state index contributed by atoms with van der Waals surface area (Å²) in [7, 11) is 0. The molecule has 1 aromatic carbocycles. The van der Waals surface area contributed by atoms with Crippen LogP contribution >= 0.6 is 0 Å². The molecule has 108 valence electrons. The predicted molar refractivity (Wildman–Crippen MR) is 76.9 cm³/mol. The Morgan fingerprint density at radius 1 is 1.14 bits per heavy atom. The van der Waals surface area contributed by atoms with Gasteiger partial charge in [-0.25, -0.2) is 9.59 Å². The molecule has 0 saturated carbocycles. The van der Waals surface area contributed by atoms with Crippen LogP contribution < -0.4 is 0 Å². The van der Waals surface area contributed by atoms with Crippen LogP contribution in [0.3, 0.4) is 0 Å². The largest absolute Gasteiger partial charge is 0.462 e. The lowest BCUT2D eigenvalue weighted by molar-refractivity contribution is -0.140. The van der Waals surface area contributed by atoms with Crippen molar-refractivity contribution in [2.75, 3.05) is 13.2 Å². The molecule has 0 spiro atoms.